The Kier molecular flexibility index (Phi) is 5.46. The first-order valence-electron chi connectivity index (χ1n) is 6.00. The van der Waals surface area contributed by atoms with Gasteiger partial charge in [-0.3, -0.25) is 9.59 Å². The fourth-order valence-corrected chi connectivity index (χ4v) is 1.55. The SMILES string of the molecule is CC(C)CCNC(=O)CCn1cccc1C=O. The van der Waals surface area contributed by atoms with E-state index in [1.807, 2.05) is 6.20 Å². The molecule has 1 aromatic heterocycles. The van der Waals surface area contributed by atoms with Gasteiger partial charge >= 0.3 is 0 Å². The van der Waals surface area contributed by atoms with Crippen LogP contribution < -0.4 is 5.32 Å². The zero-order chi connectivity index (χ0) is 12.7. The van der Waals surface area contributed by atoms with E-state index in [-0.39, 0.29) is 5.91 Å². The summed E-state index contributed by atoms with van der Waals surface area (Å²) in [4.78, 5) is 22.2. The van der Waals surface area contributed by atoms with Gasteiger partial charge in [-0.05, 0) is 24.5 Å². The summed E-state index contributed by atoms with van der Waals surface area (Å²) in [6.45, 7) is 5.53. The Hall–Kier alpha value is -1.58. The summed E-state index contributed by atoms with van der Waals surface area (Å²) in [7, 11) is 0. The second-order valence-electron chi connectivity index (χ2n) is 4.53. The Balaban J connectivity index is 2.26. The van der Waals surface area contributed by atoms with Crippen molar-refractivity contribution in [2.75, 3.05) is 6.54 Å². The number of nitrogens with one attached hydrogen (secondary N) is 1. The third-order valence-electron chi connectivity index (χ3n) is 2.61. The maximum Gasteiger partial charge on any atom is 0.221 e. The summed E-state index contributed by atoms with van der Waals surface area (Å²) in [6, 6.07) is 3.55. The monoisotopic (exact) mass is 236 g/mol. The molecule has 0 unspecified atom stereocenters. The average Bonchev–Trinajstić information content (AvgIpc) is 2.73. The standard InChI is InChI=1S/C13H20N2O2/c1-11(2)5-7-14-13(17)6-9-15-8-3-4-12(15)10-16/h3-4,8,10-11H,5-7,9H2,1-2H3,(H,14,17). The lowest BCUT2D eigenvalue weighted by molar-refractivity contribution is -0.121. The van der Waals surface area contributed by atoms with E-state index < -0.39 is 0 Å². The van der Waals surface area contributed by atoms with Crippen molar-refractivity contribution < 1.29 is 9.59 Å². The number of rotatable bonds is 7. The third kappa shape index (κ3) is 4.85. The second kappa shape index (κ2) is 6.89. The molecule has 0 aliphatic carbocycles. The van der Waals surface area contributed by atoms with E-state index in [0.29, 0.717) is 24.6 Å². The molecule has 0 fully saturated rings. The van der Waals surface area contributed by atoms with Crippen molar-refractivity contribution >= 4 is 12.2 Å². The van der Waals surface area contributed by atoms with Crippen LogP contribution in [-0.2, 0) is 11.3 Å². The topological polar surface area (TPSA) is 51.1 Å². The minimum Gasteiger partial charge on any atom is -0.356 e. The van der Waals surface area contributed by atoms with Gasteiger partial charge in [0.2, 0.25) is 5.91 Å². The number of carbonyl (C=O) groups is 2. The quantitative estimate of drug-likeness (QED) is 0.735. The molecule has 0 saturated heterocycles. The molecule has 4 nitrogen and oxygen atoms in total. The lowest BCUT2D eigenvalue weighted by Crippen LogP contribution is -2.26. The molecule has 1 heterocycles. The van der Waals surface area contributed by atoms with Gasteiger partial charge in [0.05, 0.1) is 5.69 Å². The van der Waals surface area contributed by atoms with Crippen molar-refractivity contribution in [2.45, 2.75) is 33.2 Å². The first-order chi connectivity index (χ1) is 8.13. The normalized spacial score (nSPS) is 10.5. The number of hydrogen-bond acceptors (Lipinski definition) is 2. The number of aryl methyl sites for hydroxylation is 1. The highest BCUT2D eigenvalue weighted by Crippen LogP contribution is 2.01. The number of aromatic nitrogens is 1. The maximum absolute atomic E-state index is 11.5. The molecule has 0 bridgehead atoms. The molecule has 0 atom stereocenters. The predicted molar refractivity (Wildman–Crippen MR) is 66.9 cm³/mol. The number of amides is 1. The molecule has 4 heteroatoms. The molecule has 0 spiro atoms. The fraction of sp³-hybridized carbons (Fsp3) is 0.538. The summed E-state index contributed by atoms with van der Waals surface area (Å²) in [5.74, 6) is 0.637. The molecule has 1 N–H and O–H groups in total. The van der Waals surface area contributed by atoms with Gasteiger partial charge in [-0.1, -0.05) is 13.8 Å². The summed E-state index contributed by atoms with van der Waals surface area (Å²) < 4.78 is 1.79. The van der Waals surface area contributed by atoms with E-state index in [2.05, 4.69) is 19.2 Å². The van der Waals surface area contributed by atoms with Crippen LogP contribution in [0.15, 0.2) is 18.3 Å². The molecule has 0 aliphatic rings. The van der Waals surface area contributed by atoms with E-state index in [1.54, 1.807) is 16.7 Å². The van der Waals surface area contributed by atoms with Crippen LogP contribution in [0.5, 0.6) is 0 Å². The maximum atomic E-state index is 11.5. The number of carbonyl (C=O) groups excluding carboxylic acids is 2. The van der Waals surface area contributed by atoms with Crippen molar-refractivity contribution in [1.29, 1.82) is 0 Å². The zero-order valence-electron chi connectivity index (χ0n) is 10.5. The van der Waals surface area contributed by atoms with Gasteiger partial charge in [0, 0.05) is 25.7 Å². The second-order valence-corrected chi connectivity index (χ2v) is 4.53. The Morgan fingerprint density at radius 2 is 2.29 bits per heavy atom. The zero-order valence-corrected chi connectivity index (χ0v) is 10.5. The summed E-state index contributed by atoms with van der Waals surface area (Å²) >= 11 is 0. The number of hydrogen-bond donors (Lipinski definition) is 1. The fourth-order valence-electron chi connectivity index (χ4n) is 1.55. The van der Waals surface area contributed by atoms with Gasteiger partial charge in [0.25, 0.3) is 0 Å². The van der Waals surface area contributed by atoms with Crippen LogP contribution in [0.25, 0.3) is 0 Å². The number of aldehydes is 1. The molecular formula is C13H20N2O2. The van der Waals surface area contributed by atoms with E-state index in [9.17, 15) is 9.59 Å². The summed E-state index contributed by atoms with van der Waals surface area (Å²) in [6.07, 6.45) is 4.02. The van der Waals surface area contributed by atoms with Gasteiger partial charge in [-0.2, -0.15) is 0 Å². The first kappa shape index (κ1) is 13.5. The van der Waals surface area contributed by atoms with Gasteiger partial charge < -0.3 is 9.88 Å². The minimum atomic E-state index is 0.0381. The van der Waals surface area contributed by atoms with E-state index >= 15 is 0 Å². The Bertz CT molecular complexity index is 369. The Morgan fingerprint density at radius 3 is 2.94 bits per heavy atom. The average molecular weight is 236 g/mol. The molecular weight excluding hydrogens is 216 g/mol. The minimum absolute atomic E-state index is 0.0381. The van der Waals surface area contributed by atoms with Crippen molar-refractivity contribution in [3.8, 4) is 0 Å². The molecule has 1 amide bonds. The van der Waals surface area contributed by atoms with Crippen LogP contribution in [0, 0.1) is 5.92 Å². The third-order valence-corrected chi connectivity index (χ3v) is 2.61. The predicted octanol–water partition coefficient (Wildman–Crippen LogP) is 1.85. The van der Waals surface area contributed by atoms with Crippen LogP contribution in [-0.4, -0.2) is 23.3 Å². The Morgan fingerprint density at radius 1 is 1.53 bits per heavy atom. The van der Waals surface area contributed by atoms with Crippen LogP contribution in [0.4, 0.5) is 0 Å². The number of nitrogens with zero attached hydrogens (tertiary/aromatic N) is 1. The van der Waals surface area contributed by atoms with Gasteiger partial charge in [-0.25, -0.2) is 0 Å². The van der Waals surface area contributed by atoms with E-state index in [4.69, 9.17) is 0 Å². The van der Waals surface area contributed by atoms with E-state index in [0.717, 1.165) is 19.3 Å². The molecule has 0 radical (unpaired) electrons. The lowest BCUT2D eigenvalue weighted by Gasteiger charge is -2.08. The van der Waals surface area contributed by atoms with E-state index in [1.165, 1.54) is 0 Å². The highest BCUT2D eigenvalue weighted by molar-refractivity contribution is 5.76. The van der Waals surface area contributed by atoms with Gasteiger partial charge in [0.15, 0.2) is 6.29 Å². The van der Waals surface area contributed by atoms with Gasteiger partial charge in [-0.15, -0.1) is 0 Å². The van der Waals surface area contributed by atoms with Crippen molar-refractivity contribution in [2.24, 2.45) is 5.92 Å². The van der Waals surface area contributed by atoms with Gasteiger partial charge in [0.1, 0.15) is 0 Å². The van der Waals surface area contributed by atoms with Crippen molar-refractivity contribution in [3.63, 3.8) is 0 Å². The van der Waals surface area contributed by atoms with Crippen molar-refractivity contribution in [3.05, 3.63) is 24.0 Å². The van der Waals surface area contributed by atoms with Crippen LogP contribution in [0.2, 0.25) is 0 Å². The van der Waals surface area contributed by atoms with Crippen LogP contribution in [0.3, 0.4) is 0 Å². The smallest absolute Gasteiger partial charge is 0.221 e. The first-order valence-corrected chi connectivity index (χ1v) is 6.00. The molecule has 0 aromatic carbocycles. The molecule has 94 valence electrons. The lowest BCUT2D eigenvalue weighted by atomic mass is 10.1. The summed E-state index contributed by atoms with van der Waals surface area (Å²) in [5, 5.41) is 2.87. The van der Waals surface area contributed by atoms with Crippen LogP contribution >= 0.6 is 0 Å². The molecule has 0 saturated carbocycles. The molecule has 1 aromatic rings. The highest BCUT2D eigenvalue weighted by Gasteiger charge is 2.04. The molecule has 17 heavy (non-hydrogen) atoms. The molecule has 1 rings (SSSR count). The largest absolute Gasteiger partial charge is 0.356 e. The molecule has 0 aliphatic heterocycles. The van der Waals surface area contributed by atoms with Crippen molar-refractivity contribution in [1.82, 2.24) is 9.88 Å². The van der Waals surface area contributed by atoms with Crippen LogP contribution in [0.1, 0.15) is 37.2 Å². The summed E-state index contributed by atoms with van der Waals surface area (Å²) in [5.41, 5.74) is 0.611. The highest BCUT2D eigenvalue weighted by atomic mass is 16.1. The Labute approximate surface area is 102 Å².